The van der Waals surface area contributed by atoms with Crippen molar-refractivity contribution in [3.8, 4) is 11.5 Å². The molecule has 0 fully saturated rings. The summed E-state index contributed by atoms with van der Waals surface area (Å²) in [5, 5.41) is 9.41. The maximum Gasteiger partial charge on any atom is 0.335 e. The summed E-state index contributed by atoms with van der Waals surface area (Å²) in [6.45, 7) is 3.65. The molecule has 0 aliphatic rings. The van der Waals surface area contributed by atoms with Gasteiger partial charge >= 0.3 is 5.97 Å². The third-order valence-electron chi connectivity index (χ3n) is 2.82. The fourth-order valence-electron chi connectivity index (χ4n) is 1.81. The SMILES string of the molecule is Cc1cc(Oc2ccc(C(=O)O)cc2F)cc(C)c1Cl. The van der Waals surface area contributed by atoms with Crippen molar-refractivity contribution < 1.29 is 19.0 Å². The van der Waals surface area contributed by atoms with E-state index < -0.39 is 11.8 Å². The Hall–Kier alpha value is -2.07. The van der Waals surface area contributed by atoms with Gasteiger partial charge in [0.05, 0.1) is 5.56 Å². The molecule has 0 atom stereocenters. The van der Waals surface area contributed by atoms with Crippen LogP contribution in [0, 0.1) is 19.7 Å². The number of benzene rings is 2. The summed E-state index contributed by atoms with van der Waals surface area (Å²) in [7, 11) is 0. The Morgan fingerprint density at radius 2 is 1.80 bits per heavy atom. The third-order valence-corrected chi connectivity index (χ3v) is 3.41. The fraction of sp³-hybridized carbons (Fsp3) is 0.133. The first-order chi connectivity index (χ1) is 9.38. The van der Waals surface area contributed by atoms with Gasteiger partial charge in [-0.2, -0.15) is 0 Å². The molecule has 0 amide bonds. The Morgan fingerprint density at radius 3 is 2.30 bits per heavy atom. The van der Waals surface area contributed by atoms with Gasteiger partial charge in [-0.25, -0.2) is 9.18 Å². The number of carbonyl (C=O) groups is 1. The van der Waals surface area contributed by atoms with E-state index in [9.17, 15) is 9.18 Å². The third kappa shape index (κ3) is 2.91. The molecule has 5 heteroatoms. The standard InChI is InChI=1S/C15H12ClFO3/c1-8-5-11(6-9(2)14(8)16)20-13-4-3-10(15(18)19)7-12(13)17/h3-7H,1-2H3,(H,18,19). The van der Waals surface area contributed by atoms with Crippen molar-refractivity contribution in [3.05, 3.63) is 57.9 Å². The van der Waals surface area contributed by atoms with Gasteiger partial charge in [0.1, 0.15) is 5.75 Å². The molecule has 0 saturated heterocycles. The molecule has 0 aliphatic carbocycles. The van der Waals surface area contributed by atoms with Crippen molar-refractivity contribution in [1.29, 1.82) is 0 Å². The molecule has 0 radical (unpaired) electrons. The average Bonchev–Trinajstić information content (AvgIpc) is 2.38. The van der Waals surface area contributed by atoms with Crippen molar-refractivity contribution in [2.75, 3.05) is 0 Å². The van der Waals surface area contributed by atoms with Crippen LogP contribution < -0.4 is 4.74 Å². The summed E-state index contributed by atoms with van der Waals surface area (Å²) in [4.78, 5) is 10.7. The number of ether oxygens (including phenoxy) is 1. The topological polar surface area (TPSA) is 46.5 Å². The zero-order valence-electron chi connectivity index (χ0n) is 10.9. The molecule has 3 nitrogen and oxygen atoms in total. The highest BCUT2D eigenvalue weighted by molar-refractivity contribution is 6.32. The lowest BCUT2D eigenvalue weighted by Gasteiger charge is -2.10. The van der Waals surface area contributed by atoms with E-state index in [2.05, 4.69) is 0 Å². The number of carboxylic acid groups (broad SMARTS) is 1. The Bertz CT molecular complexity index is 660. The van der Waals surface area contributed by atoms with E-state index in [-0.39, 0.29) is 11.3 Å². The predicted molar refractivity (Wildman–Crippen MR) is 74.4 cm³/mol. The number of aryl methyl sites for hydroxylation is 2. The van der Waals surface area contributed by atoms with E-state index in [4.69, 9.17) is 21.4 Å². The van der Waals surface area contributed by atoms with Crippen LogP contribution in [0.2, 0.25) is 5.02 Å². The Labute approximate surface area is 120 Å². The minimum atomic E-state index is -1.19. The van der Waals surface area contributed by atoms with Gasteiger partial charge < -0.3 is 9.84 Å². The van der Waals surface area contributed by atoms with Gasteiger partial charge in [-0.1, -0.05) is 11.6 Å². The lowest BCUT2D eigenvalue weighted by Crippen LogP contribution is -1.98. The van der Waals surface area contributed by atoms with Gasteiger partial charge in [0.15, 0.2) is 11.6 Å². The highest BCUT2D eigenvalue weighted by Crippen LogP contribution is 2.30. The average molecular weight is 295 g/mol. The first kappa shape index (κ1) is 14.3. The Morgan fingerprint density at radius 1 is 1.20 bits per heavy atom. The first-order valence-electron chi connectivity index (χ1n) is 5.86. The van der Waals surface area contributed by atoms with Crippen LogP contribution in [-0.2, 0) is 0 Å². The van der Waals surface area contributed by atoms with Crippen LogP contribution >= 0.6 is 11.6 Å². The summed E-state index contributed by atoms with van der Waals surface area (Å²) in [5.41, 5.74) is 1.52. The number of carboxylic acids is 1. The molecule has 0 heterocycles. The summed E-state index contributed by atoms with van der Waals surface area (Å²) in [6.07, 6.45) is 0. The van der Waals surface area contributed by atoms with Crippen LogP contribution in [0.5, 0.6) is 11.5 Å². The quantitative estimate of drug-likeness (QED) is 0.901. The van der Waals surface area contributed by atoms with Gasteiger partial charge in [0.25, 0.3) is 0 Å². The van der Waals surface area contributed by atoms with Crippen LogP contribution in [0.4, 0.5) is 4.39 Å². The van der Waals surface area contributed by atoms with Gasteiger partial charge in [0.2, 0.25) is 0 Å². The van der Waals surface area contributed by atoms with E-state index in [0.717, 1.165) is 17.2 Å². The predicted octanol–water partition coefficient (Wildman–Crippen LogP) is 4.59. The molecule has 0 aromatic heterocycles. The van der Waals surface area contributed by atoms with E-state index >= 15 is 0 Å². The molecular weight excluding hydrogens is 283 g/mol. The molecule has 0 spiro atoms. The number of hydrogen-bond acceptors (Lipinski definition) is 2. The molecule has 2 rings (SSSR count). The number of hydrogen-bond donors (Lipinski definition) is 1. The number of halogens is 2. The van der Waals surface area contributed by atoms with Crippen LogP contribution in [0.3, 0.4) is 0 Å². The van der Waals surface area contributed by atoms with Gasteiger partial charge in [0, 0.05) is 5.02 Å². The highest BCUT2D eigenvalue weighted by Gasteiger charge is 2.11. The van der Waals surface area contributed by atoms with E-state index in [1.54, 1.807) is 12.1 Å². The second-order valence-electron chi connectivity index (χ2n) is 4.42. The van der Waals surface area contributed by atoms with Crippen molar-refractivity contribution in [3.63, 3.8) is 0 Å². The zero-order valence-corrected chi connectivity index (χ0v) is 11.7. The number of aromatic carboxylic acids is 1. The van der Waals surface area contributed by atoms with Crippen molar-refractivity contribution in [2.24, 2.45) is 0 Å². The minimum Gasteiger partial charge on any atom is -0.478 e. The van der Waals surface area contributed by atoms with Crippen LogP contribution in [-0.4, -0.2) is 11.1 Å². The lowest BCUT2D eigenvalue weighted by molar-refractivity contribution is 0.0696. The maximum absolute atomic E-state index is 13.8. The second-order valence-corrected chi connectivity index (χ2v) is 4.80. The zero-order chi connectivity index (χ0) is 14.9. The van der Waals surface area contributed by atoms with E-state index in [1.807, 2.05) is 13.8 Å². The largest absolute Gasteiger partial charge is 0.478 e. The van der Waals surface area contributed by atoms with Crippen molar-refractivity contribution in [1.82, 2.24) is 0 Å². The molecule has 104 valence electrons. The minimum absolute atomic E-state index is 0.0314. The van der Waals surface area contributed by atoms with E-state index in [1.165, 1.54) is 12.1 Å². The second kappa shape index (κ2) is 5.51. The molecule has 0 unspecified atom stereocenters. The molecule has 0 aliphatic heterocycles. The molecule has 20 heavy (non-hydrogen) atoms. The summed E-state index contributed by atoms with van der Waals surface area (Å²) >= 11 is 6.04. The first-order valence-corrected chi connectivity index (χ1v) is 6.23. The van der Waals surface area contributed by atoms with Gasteiger partial charge in [-0.05, 0) is 55.3 Å². The Balaban J connectivity index is 2.33. The van der Waals surface area contributed by atoms with Gasteiger partial charge in [-0.3, -0.25) is 0 Å². The molecular formula is C15H12ClFO3. The fourth-order valence-corrected chi connectivity index (χ4v) is 1.92. The monoisotopic (exact) mass is 294 g/mol. The Kier molecular flexibility index (Phi) is 3.95. The van der Waals surface area contributed by atoms with Crippen LogP contribution in [0.15, 0.2) is 30.3 Å². The highest BCUT2D eigenvalue weighted by atomic mass is 35.5. The molecule has 0 bridgehead atoms. The summed E-state index contributed by atoms with van der Waals surface area (Å²) < 4.78 is 19.2. The molecule has 2 aromatic carbocycles. The van der Waals surface area contributed by atoms with Crippen LogP contribution in [0.25, 0.3) is 0 Å². The molecule has 0 saturated carbocycles. The lowest BCUT2D eigenvalue weighted by atomic mass is 10.1. The smallest absolute Gasteiger partial charge is 0.335 e. The van der Waals surface area contributed by atoms with Crippen molar-refractivity contribution >= 4 is 17.6 Å². The normalized spacial score (nSPS) is 10.4. The van der Waals surface area contributed by atoms with Gasteiger partial charge in [-0.15, -0.1) is 0 Å². The van der Waals surface area contributed by atoms with Crippen molar-refractivity contribution in [2.45, 2.75) is 13.8 Å². The summed E-state index contributed by atoms with van der Waals surface area (Å²) in [5.74, 6) is -1.49. The van der Waals surface area contributed by atoms with E-state index in [0.29, 0.717) is 10.8 Å². The molecule has 2 aromatic rings. The summed E-state index contributed by atoms with van der Waals surface area (Å²) in [6, 6.07) is 6.89. The number of rotatable bonds is 3. The maximum atomic E-state index is 13.8. The van der Waals surface area contributed by atoms with Crippen LogP contribution in [0.1, 0.15) is 21.5 Å². The molecule has 1 N–H and O–H groups in total.